The Balaban J connectivity index is 0.791. The molecule has 3 aliphatic heterocycles. The zero-order chi connectivity index (χ0) is 41.3. The Morgan fingerprint density at radius 1 is 0.902 bits per heavy atom. The van der Waals surface area contributed by atoms with Gasteiger partial charge in [0, 0.05) is 73.5 Å². The van der Waals surface area contributed by atoms with Crippen molar-refractivity contribution in [2.24, 2.45) is 5.92 Å². The van der Waals surface area contributed by atoms with Crippen LogP contribution >= 0.6 is 11.9 Å². The number of benzene rings is 3. The molecule has 5 fully saturated rings. The Labute approximate surface area is 361 Å². The molecule has 2 saturated carbocycles. The average molecular weight is 842 g/mol. The lowest BCUT2D eigenvalue weighted by Gasteiger charge is -2.51. The van der Waals surface area contributed by atoms with Gasteiger partial charge in [-0.05, 0) is 154 Å². The van der Waals surface area contributed by atoms with Crippen LogP contribution < -0.4 is 14.8 Å². The molecule has 2 aliphatic carbocycles. The Hall–Kier alpha value is -4.95. The van der Waals surface area contributed by atoms with Gasteiger partial charge in [0.2, 0.25) is 0 Å². The van der Waals surface area contributed by atoms with E-state index in [1.165, 1.54) is 56.9 Å². The summed E-state index contributed by atoms with van der Waals surface area (Å²) >= 11 is 1.05. The number of fused-ring (bicyclic) bond motifs is 1. The second kappa shape index (κ2) is 17.8. The molecule has 61 heavy (non-hydrogen) atoms. The molecule has 13 heteroatoms. The normalized spacial score (nSPS) is 22.9. The number of nitro benzene ring substituents is 1. The standard InChI is InChI=1S/C48H55N7O5S/c56-48(52-61-39-14-16-43(45(26-39)55(57)58)50-27-31-18-22-59-23-19-31)42-15-11-34(25-46(42)60-38-24-35-17-20-49-47(35)51-28-38)32-9-12-36(13-10-32)53-29-37(30-53)54-21-3-6-44(54)41-5-2-1-4-40(41)33-7-8-33/h1-2,4-5,11,14-17,20,24-26,28,31-33,36-37,44,50H,3,6-10,12-13,18-19,21-23,27,29-30H2,(H,49,51)(H,52,56). The number of anilines is 1. The van der Waals surface area contributed by atoms with E-state index in [0.717, 1.165) is 80.6 Å². The van der Waals surface area contributed by atoms with Gasteiger partial charge in [-0.25, -0.2) is 4.98 Å². The summed E-state index contributed by atoms with van der Waals surface area (Å²) in [6.45, 7) is 5.63. The highest BCUT2D eigenvalue weighted by molar-refractivity contribution is 7.98. The maximum Gasteiger partial charge on any atom is 0.293 e. The monoisotopic (exact) mass is 841 g/mol. The van der Waals surface area contributed by atoms with Gasteiger partial charge in [0.05, 0.1) is 16.7 Å². The van der Waals surface area contributed by atoms with Gasteiger partial charge in [0.25, 0.3) is 11.6 Å². The maximum absolute atomic E-state index is 13.9. The molecule has 0 bridgehead atoms. The highest BCUT2D eigenvalue weighted by Crippen LogP contribution is 2.47. The average Bonchev–Trinajstić information content (AvgIpc) is 3.83. The molecule has 12 nitrogen and oxygen atoms in total. The number of hydrogen-bond acceptors (Lipinski definition) is 10. The summed E-state index contributed by atoms with van der Waals surface area (Å²) in [7, 11) is 0. The summed E-state index contributed by atoms with van der Waals surface area (Å²) in [5, 5.41) is 16.3. The number of nitrogens with zero attached hydrogens (tertiary/aromatic N) is 4. The van der Waals surface area contributed by atoms with Crippen LogP contribution in [0.3, 0.4) is 0 Å². The summed E-state index contributed by atoms with van der Waals surface area (Å²) in [4.78, 5) is 39.3. The first kappa shape index (κ1) is 40.1. The second-order valence-electron chi connectivity index (χ2n) is 17.8. The molecule has 1 amide bonds. The number of amides is 1. The lowest BCUT2D eigenvalue weighted by molar-refractivity contribution is -0.384. The number of aromatic nitrogens is 2. The van der Waals surface area contributed by atoms with E-state index in [1.54, 1.807) is 29.5 Å². The van der Waals surface area contributed by atoms with Crippen LogP contribution in [0.25, 0.3) is 11.0 Å². The van der Waals surface area contributed by atoms with E-state index in [1.807, 2.05) is 30.5 Å². The smallest absolute Gasteiger partial charge is 0.293 e. The van der Waals surface area contributed by atoms with Gasteiger partial charge in [-0.15, -0.1) is 0 Å². The number of aromatic amines is 1. The molecule has 3 N–H and O–H groups in total. The first-order valence-corrected chi connectivity index (χ1v) is 23.2. The first-order valence-electron chi connectivity index (χ1n) is 22.3. The van der Waals surface area contributed by atoms with Gasteiger partial charge >= 0.3 is 0 Å². The van der Waals surface area contributed by atoms with Crippen molar-refractivity contribution in [2.75, 3.05) is 44.7 Å². The van der Waals surface area contributed by atoms with E-state index in [4.69, 9.17) is 9.47 Å². The molecule has 5 aromatic rings. The quantitative estimate of drug-likeness (QED) is 0.0563. The molecule has 0 spiro atoms. The second-order valence-corrected chi connectivity index (χ2v) is 18.6. The molecule has 1 unspecified atom stereocenters. The van der Waals surface area contributed by atoms with E-state index in [9.17, 15) is 14.9 Å². The number of ether oxygens (including phenoxy) is 2. The molecule has 10 rings (SSSR count). The molecular formula is C48H55N7O5S. The Kier molecular flexibility index (Phi) is 11.7. The Bertz CT molecular complexity index is 2370. The highest BCUT2D eigenvalue weighted by atomic mass is 32.2. The lowest BCUT2D eigenvalue weighted by Crippen LogP contribution is -2.62. The number of hydrogen-bond donors (Lipinski definition) is 3. The minimum Gasteiger partial charge on any atom is -0.455 e. The van der Waals surface area contributed by atoms with Crippen molar-refractivity contribution in [3.8, 4) is 11.5 Å². The van der Waals surface area contributed by atoms with Crippen molar-refractivity contribution in [3.05, 3.63) is 118 Å². The maximum atomic E-state index is 13.9. The lowest BCUT2D eigenvalue weighted by atomic mass is 9.80. The molecule has 0 radical (unpaired) electrons. The van der Waals surface area contributed by atoms with Crippen LogP contribution in [-0.4, -0.2) is 82.1 Å². The van der Waals surface area contributed by atoms with Crippen LogP contribution in [0.4, 0.5) is 11.4 Å². The summed E-state index contributed by atoms with van der Waals surface area (Å²) in [5.74, 6) is 2.21. The summed E-state index contributed by atoms with van der Waals surface area (Å²) in [5.41, 5.74) is 5.96. The predicted octanol–water partition coefficient (Wildman–Crippen LogP) is 9.96. The van der Waals surface area contributed by atoms with Gasteiger partial charge < -0.3 is 19.8 Å². The molecule has 318 valence electrons. The molecule has 2 aromatic heterocycles. The van der Waals surface area contributed by atoms with Gasteiger partial charge in [-0.1, -0.05) is 30.3 Å². The van der Waals surface area contributed by atoms with Gasteiger partial charge in [-0.2, -0.15) is 0 Å². The van der Waals surface area contributed by atoms with Crippen LogP contribution in [0.2, 0.25) is 0 Å². The van der Waals surface area contributed by atoms with Crippen LogP contribution in [0.1, 0.15) is 109 Å². The molecule has 3 aromatic carbocycles. The molecule has 5 aliphatic rings. The van der Waals surface area contributed by atoms with E-state index >= 15 is 0 Å². The fraction of sp³-hybridized carbons (Fsp3) is 0.458. The minimum absolute atomic E-state index is 0.0264. The SMILES string of the molecule is O=C(NSc1ccc(NCC2CCOCC2)c([N+](=O)[O-])c1)c1ccc(C2CCC(N3CC(N4CCCC4c4ccccc4C4CC4)C3)CC2)cc1Oc1cnc2[nH]ccc2c1. The van der Waals surface area contributed by atoms with Crippen molar-refractivity contribution in [1.82, 2.24) is 24.5 Å². The van der Waals surface area contributed by atoms with E-state index in [0.29, 0.717) is 64.2 Å². The molecule has 1 atom stereocenters. The molecule has 3 saturated heterocycles. The van der Waals surface area contributed by atoms with Crippen molar-refractivity contribution in [2.45, 2.75) is 99.1 Å². The van der Waals surface area contributed by atoms with Crippen molar-refractivity contribution < 1.29 is 19.2 Å². The van der Waals surface area contributed by atoms with E-state index in [2.05, 4.69) is 60.1 Å². The molecule has 5 heterocycles. The topological polar surface area (TPSA) is 138 Å². The Morgan fingerprint density at radius 2 is 1.70 bits per heavy atom. The third kappa shape index (κ3) is 8.88. The minimum atomic E-state index is -0.383. The Morgan fingerprint density at radius 3 is 2.51 bits per heavy atom. The third-order valence-corrected chi connectivity index (χ3v) is 14.7. The number of pyridine rings is 1. The largest absolute Gasteiger partial charge is 0.455 e. The number of likely N-dealkylation sites (tertiary alicyclic amines) is 2. The summed E-state index contributed by atoms with van der Waals surface area (Å²) < 4.78 is 14.9. The van der Waals surface area contributed by atoms with Gasteiger partial charge in [0.1, 0.15) is 22.8 Å². The van der Waals surface area contributed by atoms with Gasteiger partial charge in [-0.3, -0.25) is 29.4 Å². The number of rotatable bonds is 14. The van der Waals surface area contributed by atoms with Crippen LogP contribution in [0.15, 0.2) is 90.1 Å². The van der Waals surface area contributed by atoms with E-state index < -0.39 is 0 Å². The van der Waals surface area contributed by atoms with Crippen molar-refractivity contribution in [1.29, 1.82) is 0 Å². The van der Waals surface area contributed by atoms with Crippen molar-refractivity contribution in [3.63, 3.8) is 0 Å². The fourth-order valence-electron chi connectivity index (χ4n) is 10.3. The summed E-state index contributed by atoms with van der Waals surface area (Å²) in [6.07, 6.45) is 15.1. The third-order valence-electron chi connectivity index (χ3n) is 13.9. The number of nitrogens with one attached hydrogen (secondary N) is 3. The molecular weight excluding hydrogens is 787 g/mol. The van der Waals surface area contributed by atoms with Crippen LogP contribution in [-0.2, 0) is 4.74 Å². The number of carbonyl (C=O) groups is 1. The number of H-pyrrole nitrogens is 1. The van der Waals surface area contributed by atoms with Crippen molar-refractivity contribution >= 4 is 40.3 Å². The van der Waals surface area contributed by atoms with Crippen LogP contribution in [0, 0.1) is 16.0 Å². The van der Waals surface area contributed by atoms with Crippen LogP contribution in [0.5, 0.6) is 11.5 Å². The van der Waals surface area contributed by atoms with E-state index in [-0.39, 0.29) is 16.5 Å². The van der Waals surface area contributed by atoms with Gasteiger partial charge in [0.15, 0.2) is 0 Å². The predicted molar refractivity (Wildman–Crippen MR) is 239 cm³/mol. The zero-order valence-corrected chi connectivity index (χ0v) is 35.4. The number of nitro groups is 1. The summed E-state index contributed by atoms with van der Waals surface area (Å²) in [6, 6.07) is 25.9. The number of carbonyl (C=O) groups excluding carboxylic acids is 1. The fourth-order valence-corrected chi connectivity index (χ4v) is 10.9. The zero-order valence-electron chi connectivity index (χ0n) is 34.6. The first-order chi connectivity index (χ1) is 29.9. The highest BCUT2D eigenvalue weighted by Gasteiger charge is 2.42.